The lowest BCUT2D eigenvalue weighted by Gasteiger charge is -2.33. The van der Waals surface area contributed by atoms with Crippen molar-refractivity contribution in [1.29, 1.82) is 0 Å². The molecule has 9 aromatic carbocycles. The van der Waals surface area contributed by atoms with Gasteiger partial charge in [-0.1, -0.05) is 164 Å². The highest BCUT2D eigenvalue weighted by Crippen LogP contribution is 2.64. The summed E-state index contributed by atoms with van der Waals surface area (Å²) in [6, 6.07) is 75.1. The Kier molecular flexibility index (Phi) is 7.47. The Morgan fingerprint density at radius 3 is 1.69 bits per heavy atom. The van der Waals surface area contributed by atoms with Crippen LogP contribution in [0.4, 0.5) is 17.1 Å². The van der Waals surface area contributed by atoms with E-state index >= 15 is 0 Å². The fourth-order valence-electron chi connectivity index (χ4n) is 10.8. The van der Waals surface area contributed by atoms with Crippen LogP contribution < -0.4 is 4.90 Å². The van der Waals surface area contributed by atoms with E-state index in [1.807, 2.05) is 0 Å². The number of hydrogen-bond acceptors (Lipinski definition) is 1. The van der Waals surface area contributed by atoms with Gasteiger partial charge in [-0.15, -0.1) is 0 Å². The van der Waals surface area contributed by atoms with Gasteiger partial charge in [0.25, 0.3) is 0 Å². The summed E-state index contributed by atoms with van der Waals surface area (Å²) in [5.41, 5.74) is 21.8. The molecule has 1 nitrogen and oxygen atoms in total. The van der Waals surface area contributed by atoms with Gasteiger partial charge in [-0.25, -0.2) is 0 Å². The van der Waals surface area contributed by atoms with Gasteiger partial charge in [0.1, 0.15) is 0 Å². The third kappa shape index (κ3) is 4.83. The topological polar surface area (TPSA) is 3.24 Å². The summed E-state index contributed by atoms with van der Waals surface area (Å²) < 4.78 is 0. The van der Waals surface area contributed by atoms with E-state index in [9.17, 15) is 0 Å². The van der Waals surface area contributed by atoms with E-state index in [4.69, 9.17) is 0 Å². The van der Waals surface area contributed by atoms with Gasteiger partial charge in [-0.2, -0.15) is 0 Å². The monoisotopic (exact) mass is 739 g/mol. The molecule has 0 N–H and O–H groups in total. The second-order valence-electron chi connectivity index (χ2n) is 16.2. The van der Waals surface area contributed by atoms with Crippen LogP contribution in [0.3, 0.4) is 0 Å². The lowest BCUT2D eigenvalue weighted by molar-refractivity contribution is 0.687. The fourth-order valence-corrected chi connectivity index (χ4v) is 10.8. The Morgan fingerprint density at radius 1 is 0.362 bits per heavy atom. The molecule has 3 aliphatic carbocycles. The number of rotatable bonds is 5. The molecule has 9 aromatic rings. The molecule has 1 spiro atoms. The van der Waals surface area contributed by atoms with Gasteiger partial charge in [0.15, 0.2) is 0 Å². The van der Waals surface area contributed by atoms with Crippen molar-refractivity contribution >= 4 is 27.8 Å². The molecule has 0 bridgehead atoms. The molecule has 12 rings (SSSR count). The fraction of sp³-hybridized carbons (Fsp3) is 0.0877. The first-order valence-electron chi connectivity index (χ1n) is 20.8. The predicted molar refractivity (Wildman–Crippen MR) is 242 cm³/mol. The highest BCUT2D eigenvalue weighted by atomic mass is 15.1. The normalized spacial score (nSPS) is 14.1. The van der Waals surface area contributed by atoms with Crippen molar-refractivity contribution in [1.82, 2.24) is 0 Å². The van der Waals surface area contributed by atoms with Crippen LogP contribution >= 0.6 is 0 Å². The van der Waals surface area contributed by atoms with Gasteiger partial charge in [0, 0.05) is 17.1 Å². The Labute approximate surface area is 340 Å². The number of anilines is 3. The van der Waals surface area contributed by atoms with E-state index in [1.165, 1.54) is 108 Å². The van der Waals surface area contributed by atoms with Crippen molar-refractivity contribution in [2.75, 3.05) is 4.90 Å². The van der Waals surface area contributed by atoms with Gasteiger partial charge < -0.3 is 4.90 Å². The van der Waals surface area contributed by atoms with Crippen LogP contribution in [-0.2, 0) is 18.3 Å². The number of nitrogens with zero attached hydrogens (tertiary/aromatic N) is 1. The zero-order valence-electron chi connectivity index (χ0n) is 32.3. The molecular formula is C57H41N. The van der Waals surface area contributed by atoms with Crippen molar-refractivity contribution in [2.45, 2.75) is 31.1 Å². The van der Waals surface area contributed by atoms with Crippen LogP contribution in [0.5, 0.6) is 0 Å². The van der Waals surface area contributed by atoms with Gasteiger partial charge >= 0.3 is 0 Å². The summed E-state index contributed by atoms with van der Waals surface area (Å²) in [6.45, 7) is 0. The molecule has 0 atom stereocenters. The largest absolute Gasteiger partial charge is 0.310 e. The number of benzene rings is 9. The molecule has 0 amide bonds. The van der Waals surface area contributed by atoms with Crippen LogP contribution in [-0.4, -0.2) is 0 Å². The van der Waals surface area contributed by atoms with Gasteiger partial charge in [0.05, 0.1) is 5.41 Å². The molecule has 0 unspecified atom stereocenters. The first kappa shape index (κ1) is 33.2. The Hall–Kier alpha value is -6.96. The van der Waals surface area contributed by atoms with Crippen LogP contribution in [0.25, 0.3) is 55.3 Å². The average molecular weight is 740 g/mol. The van der Waals surface area contributed by atoms with E-state index < -0.39 is 5.41 Å². The Bertz CT molecular complexity index is 3000. The number of fused-ring (bicyclic) bond motifs is 13. The Morgan fingerprint density at radius 2 is 0.931 bits per heavy atom. The predicted octanol–water partition coefficient (Wildman–Crippen LogP) is 14.9. The molecule has 0 aliphatic heterocycles. The summed E-state index contributed by atoms with van der Waals surface area (Å²) in [4.78, 5) is 2.46. The van der Waals surface area contributed by atoms with Crippen molar-refractivity contribution in [3.8, 4) is 44.5 Å². The molecule has 0 fully saturated rings. The molecule has 3 aliphatic rings. The van der Waals surface area contributed by atoms with E-state index in [-0.39, 0.29) is 0 Å². The SMILES string of the molecule is c1ccc(-c2ccc(N(c3ccc(-c4cccc5c4CCCC5)cc3)c3ccc4c(c3)C3(c5ccccc5-c5ccccc53)c3c-4ccc4ccccc34)cc2)cc1. The minimum atomic E-state index is -0.464. The average Bonchev–Trinajstić information content (AvgIpc) is 3.77. The Balaban J connectivity index is 1.08. The quantitative estimate of drug-likeness (QED) is 0.170. The highest BCUT2D eigenvalue weighted by molar-refractivity contribution is 6.04. The molecule has 274 valence electrons. The van der Waals surface area contributed by atoms with E-state index in [0.717, 1.165) is 23.5 Å². The number of hydrogen-bond donors (Lipinski definition) is 0. The molecule has 0 aromatic heterocycles. The lowest BCUT2D eigenvalue weighted by Crippen LogP contribution is -2.26. The second kappa shape index (κ2) is 13.0. The van der Waals surface area contributed by atoms with Crippen molar-refractivity contribution < 1.29 is 0 Å². The number of aryl methyl sites for hydroxylation is 1. The maximum absolute atomic E-state index is 2.51. The van der Waals surface area contributed by atoms with Gasteiger partial charge in [-0.05, 0) is 151 Å². The van der Waals surface area contributed by atoms with Crippen LogP contribution in [0, 0.1) is 0 Å². The minimum absolute atomic E-state index is 0.464. The smallest absolute Gasteiger partial charge is 0.0732 e. The molecule has 1 heteroatoms. The zero-order chi connectivity index (χ0) is 38.2. The summed E-state index contributed by atoms with van der Waals surface area (Å²) in [5.74, 6) is 0. The maximum atomic E-state index is 2.51. The highest BCUT2D eigenvalue weighted by Gasteiger charge is 2.52. The van der Waals surface area contributed by atoms with Crippen molar-refractivity contribution in [3.63, 3.8) is 0 Å². The van der Waals surface area contributed by atoms with Crippen LogP contribution in [0.2, 0.25) is 0 Å². The summed E-state index contributed by atoms with van der Waals surface area (Å²) in [5, 5.41) is 2.59. The third-order valence-corrected chi connectivity index (χ3v) is 13.3. The van der Waals surface area contributed by atoms with Crippen LogP contribution in [0.15, 0.2) is 200 Å². The molecular weight excluding hydrogens is 699 g/mol. The van der Waals surface area contributed by atoms with E-state index in [1.54, 1.807) is 0 Å². The summed E-state index contributed by atoms with van der Waals surface area (Å²) in [7, 11) is 0. The van der Waals surface area contributed by atoms with E-state index in [2.05, 4.69) is 205 Å². The lowest BCUT2D eigenvalue weighted by atomic mass is 9.69. The summed E-state index contributed by atoms with van der Waals surface area (Å²) in [6.07, 6.45) is 4.90. The zero-order valence-corrected chi connectivity index (χ0v) is 32.3. The molecule has 0 radical (unpaired) electrons. The first-order chi connectivity index (χ1) is 28.8. The van der Waals surface area contributed by atoms with Crippen molar-refractivity contribution in [2.24, 2.45) is 0 Å². The standard InChI is InChI=1S/C57H41N/c1-2-13-38(14-3-1)39-25-30-43(31-26-39)58(44-32-27-42(28-33-44)47-22-12-17-40-15-4-6-18-46(40)47)45-34-36-51-52-35-29-41-16-5-7-19-48(41)56(52)57(55(51)37-45)53-23-10-8-20-49(53)50-21-9-11-24-54(50)57/h1-3,5,7-14,16-17,19-37H,4,6,15,18H2. The second-order valence-corrected chi connectivity index (χ2v) is 16.2. The molecule has 0 saturated carbocycles. The minimum Gasteiger partial charge on any atom is -0.310 e. The van der Waals surface area contributed by atoms with Crippen LogP contribution in [0.1, 0.15) is 46.2 Å². The molecule has 0 saturated heterocycles. The maximum Gasteiger partial charge on any atom is 0.0732 e. The first-order valence-corrected chi connectivity index (χ1v) is 20.8. The van der Waals surface area contributed by atoms with E-state index in [0.29, 0.717) is 0 Å². The van der Waals surface area contributed by atoms with Gasteiger partial charge in [-0.3, -0.25) is 0 Å². The van der Waals surface area contributed by atoms with Crippen molar-refractivity contribution in [3.05, 3.63) is 234 Å². The third-order valence-electron chi connectivity index (χ3n) is 13.3. The molecule has 58 heavy (non-hydrogen) atoms. The van der Waals surface area contributed by atoms with Gasteiger partial charge in [0.2, 0.25) is 0 Å². The molecule has 0 heterocycles. The summed E-state index contributed by atoms with van der Waals surface area (Å²) >= 11 is 0.